The number of hydrogen-bond acceptors (Lipinski definition) is 2. The van der Waals surface area contributed by atoms with Crippen molar-refractivity contribution in [2.24, 2.45) is 17.8 Å². The molecule has 0 saturated heterocycles. The molecule has 0 aromatic carbocycles. The Morgan fingerprint density at radius 3 is 2.17 bits per heavy atom. The van der Waals surface area contributed by atoms with Gasteiger partial charge in [-0.1, -0.05) is 12.2 Å². The fraction of sp³-hybridized carbons (Fsp3) is 0.786. The Balaban J connectivity index is 1.78. The first kappa shape index (κ1) is 18.1. The molecule has 2 nitrogen and oxygen atoms in total. The van der Waals surface area contributed by atoms with Crippen LogP contribution in [-0.4, -0.2) is 30.6 Å². The lowest BCUT2D eigenvalue weighted by atomic mass is 9.94. The summed E-state index contributed by atoms with van der Waals surface area (Å²) in [5.74, 6) is -10.7. The van der Waals surface area contributed by atoms with Crippen molar-refractivity contribution >= 4 is 5.97 Å². The Hall–Kier alpha value is -1.28. The monoisotopic (exact) mass is 348 g/mol. The number of ether oxygens (including phenoxy) is 1. The molecule has 3 unspecified atom stereocenters. The summed E-state index contributed by atoms with van der Waals surface area (Å²) in [6.45, 7) is -0.891. The fourth-order valence-electron chi connectivity index (χ4n) is 2.97. The quantitative estimate of drug-likeness (QED) is 0.405. The van der Waals surface area contributed by atoms with Crippen LogP contribution in [0.3, 0.4) is 0 Å². The number of esters is 1. The molecule has 0 spiro atoms. The lowest BCUT2D eigenvalue weighted by Crippen LogP contribution is -2.42. The predicted molar refractivity (Wildman–Crippen MR) is 65.0 cm³/mol. The van der Waals surface area contributed by atoms with Crippen LogP contribution in [0, 0.1) is 17.8 Å². The van der Waals surface area contributed by atoms with E-state index in [1.54, 1.807) is 0 Å². The van der Waals surface area contributed by atoms with Gasteiger partial charge in [0.25, 0.3) is 5.92 Å². The molecule has 2 aliphatic rings. The van der Waals surface area contributed by atoms with Gasteiger partial charge in [0.05, 0.1) is 18.9 Å². The summed E-state index contributed by atoms with van der Waals surface area (Å²) >= 11 is 0. The standard InChI is InChI=1S/C14H15F7O2/c15-12(16,7-13(17,18)14(19,20)21)3-4-23-11(22)10-6-8-1-2-9(10)5-8/h1-2,8-10H,3-7H2. The van der Waals surface area contributed by atoms with Gasteiger partial charge in [-0.25, -0.2) is 8.78 Å². The minimum Gasteiger partial charge on any atom is -0.465 e. The molecule has 2 aliphatic carbocycles. The number of allylic oxidation sites excluding steroid dienone is 2. The number of fused-ring (bicyclic) bond motifs is 2. The Morgan fingerprint density at radius 2 is 1.70 bits per heavy atom. The molecule has 0 radical (unpaired) electrons. The van der Waals surface area contributed by atoms with Gasteiger partial charge in [0.15, 0.2) is 0 Å². The maximum absolute atomic E-state index is 13.2. The third-order valence-corrected chi connectivity index (χ3v) is 4.19. The minimum atomic E-state index is -6.04. The van der Waals surface area contributed by atoms with Gasteiger partial charge in [-0.15, -0.1) is 0 Å². The maximum atomic E-state index is 13.2. The van der Waals surface area contributed by atoms with E-state index in [0.29, 0.717) is 6.42 Å². The fourth-order valence-corrected chi connectivity index (χ4v) is 2.97. The van der Waals surface area contributed by atoms with Gasteiger partial charge in [-0.05, 0) is 24.7 Å². The lowest BCUT2D eigenvalue weighted by Gasteiger charge is -2.25. The van der Waals surface area contributed by atoms with E-state index in [-0.39, 0.29) is 11.8 Å². The van der Waals surface area contributed by atoms with Crippen molar-refractivity contribution in [3.63, 3.8) is 0 Å². The highest BCUT2D eigenvalue weighted by Gasteiger charge is 2.61. The van der Waals surface area contributed by atoms with Gasteiger partial charge in [0, 0.05) is 6.42 Å². The number of carbonyl (C=O) groups is 1. The van der Waals surface area contributed by atoms with E-state index in [0.717, 1.165) is 6.42 Å². The van der Waals surface area contributed by atoms with Crippen LogP contribution in [-0.2, 0) is 9.53 Å². The number of halogens is 7. The van der Waals surface area contributed by atoms with Crippen molar-refractivity contribution < 1.29 is 40.3 Å². The van der Waals surface area contributed by atoms with Crippen LogP contribution in [0.15, 0.2) is 12.2 Å². The predicted octanol–water partition coefficient (Wildman–Crippen LogP) is 4.35. The zero-order valence-electron chi connectivity index (χ0n) is 11.9. The van der Waals surface area contributed by atoms with Gasteiger partial charge in [0.1, 0.15) is 0 Å². The van der Waals surface area contributed by atoms with Crippen molar-refractivity contribution in [1.29, 1.82) is 0 Å². The van der Waals surface area contributed by atoms with E-state index < -0.39 is 49.4 Å². The zero-order chi connectivity index (χ0) is 17.5. The molecule has 2 rings (SSSR count). The average Bonchev–Trinajstić information content (AvgIpc) is 2.97. The Labute approximate surface area is 127 Å². The Bertz CT molecular complexity index is 484. The minimum absolute atomic E-state index is 0.0115. The van der Waals surface area contributed by atoms with Crippen molar-refractivity contribution in [3.05, 3.63) is 12.2 Å². The summed E-state index contributed by atoms with van der Waals surface area (Å²) in [5.41, 5.74) is 0. The second-order valence-electron chi connectivity index (χ2n) is 6.04. The van der Waals surface area contributed by atoms with Gasteiger partial charge in [0.2, 0.25) is 0 Å². The summed E-state index contributed by atoms with van der Waals surface area (Å²) in [6.07, 6.45) is -4.93. The van der Waals surface area contributed by atoms with Crippen LogP contribution < -0.4 is 0 Å². The molecule has 23 heavy (non-hydrogen) atoms. The van der Waals surface area contributed by atoms with Gasteiger partial charge < -0.3 is 4.74 Å². The van der Waals surface area contributed by atoms with E-state index in [9.17, 15) is 35.5 Å². The first-order valence-corrected chi connectivity index (χ1v) is 7.09. The van der Waals surface area contributed by atoms with E-state index in [4.69, 9.17) is 0 Å². The molecule has 0 aliphatic heterocycles. The summed E-state index contributed by atoms with van der Waals surface area (Å²) in [7, 11) is 0. The maximum Gasteiger partial charge on any atom is 0.453 e. The molecule has 1 fully saturated rings. The first-order chi connectivity index (χ1) is 10.4. The second-order valence-corrected chi connectivity index (χ2v) is 6.04. The van der Waals surface area contributed by atoms with Crippen LogP contribution in [0.1, 0.15) is 25.7 Å². The molecule has 0 amide bonds. The molecule has 9 heteroatoms. The van der Waals surface area contributed by atoms with Crippen LogP contribution in [0.4, 0.5) is 30.7 Å². The summed E-state index contributed by atoms with van der Waals surface area (Å²) in [5, 5.41) is 0. The summed E-state index contributed by atoms with van der Waals surface area (Å²) in [4.78, 5) is 11.7. The average molecular weight is 348 g/mol. The molecule has 0 heterocycles. The molecular formula is C14H15F7O2. The van der Waals surface area contributed by atoms with Crippen LogP contribution in [0.25, 0.3) is 0 Å². The highest BCUT2D eigenvalue weighted by molar-refractivity contribution is 5.74. The van der Waals surface area contributed by atoms with Crippen LogP contribution in [0.5, 0.6) is 0 Å². The van der Waals surface area contributed by atoms with Crippen LogP contribution in [0.2, 0.25) is 0 Å². The van der Waals surface area contributed by atoms with Crippen molar-refractivity contribution in [3.8, 4) is 0 Å². The molecule has 0 N–H and O–H groups in total. The third kappa shape index (κ3) is 4.17. The molecule has 1 saturated carbocycles. The second kappa shape index (κ2) is 5.98. The van der Waals surface area contributed by atoms with E-state index in [2.05, 4.69) is 4.74 Å². The smallest absolute Gasteiger partial charge is 0.453 e. The van der Waals surface area contributed by atoms with E-state index in [1.807, 2.05) is 12.2 Å². The number of rotatable bonds is 6. The van der Waals surface area contributed by atoms with Gasteiger partial charge in [-0.2, -0.15) is 22.0 Å². The number of alkyl halides is 7. The Morgan fingerprint density at radius 1 is 1.04 bits per heavy atom. The van der Waals surface area contributed by atoms with Gasteiger partial charge in [-0.3, -0.25) is 4.79 Å². The third-order valence-electron chi connectivity index (χ3n) is 4.19. The molecular weight excluding hydrogens is 333 g/mol. The number of carbonyl (C=O) groups excluding carboxylic acids is 1. The topological polar surface area (TPSA) is 26.3 Å². The zero-order valence-corrected chi connectivity index (χ0v) is 11.9. The summed E-state index contributed by atoms with van der Waals surface area (Å²) in [6, 6.07) is 0. The van der Waals surface area contributed by atoms with Crippen LogP contribution >= 0.6 is 0 Å². The molecule has 0 aromatic rings. The summed E-state index contributed by atoms with van der Waals surface area (Å²) < 4.78 is 92.2. The first-order valence-electron chi connectivity index (χ1n) is 7.09. The largest absolute Gasteiger partial charge is 0.465 e. The van der Waals surface area contributed by atoms with Crippen molar-refractivity contribution in [2.75, 3.05) is 6.61 Å². The lowest BCUT2D eigenvalue weighted by molar-refractivity contribution is -0.301. The van der Waals surface area contributed by atoms with E-state index in [1.165, 1.54) is 0 Å². The SMILES string of the molecule is O=C(OCCC(F)(F)CC(F)(F)C(F)(F)F)C1CC2C=CC1C2. The molecule has 132 valence electrons. The molecule has 0 aromatic heterocycles. The van der Waals surface area contributed by atoms with E-state index >= 15 is 0 Å². The molecule has 3 atom stereocenters. The Kier molecular flexibility index (Phi) is 4.69. The van der Waals surface area contributed by atoms with Gasteiger partial charge >= 0.3 is 18.1 Å². The van der Waals surface area contributed by atoms with Crippen molar-refractivity contribution in [1.82, 2.24) is 0 Å². The highest BCUT2D eigenvalue weighted by Crippen LogP contribution is 2.45. The van der Waals surface area contributed by atoms with Crippen molar-refractivity contribution in [2.45, 2.75) is 43.7 Å². The highest BCUT2D eigenvalue weighted by atomic mass is 19.4. The normalized spacial score (nSPS) is 27.5. The number of hydrogen-bond donors (Lipinski definition) is 0. The molecule has 2 bridgehead atoms.